The van der Waals surface area contributed by atoms with Crippen molar-refractivity contribution < 1.29 is 31.1 Å². The van der Waals surface area contributed by atoms with Crippen LogP contribution in [-0.4, -0.2) is 44.8 Å². The minimum Gasteiger partial charge on any atom is -0.379 e. The number of alkyl halides is 3. The van der Waals surface area contributed by atoms with Crippen molar-refractivity contribution in [3.8, 4) is 0 Å². The maximum absolute atomic E-state index is 12.7. The molecule has 0 radical (unpaired) electrons. The molecule has 0 spiro atoms. The number of rotatable bonds is 5. The molecule has 1 heterocycles. The van der Waals surface area contributed by atoms with Crippen LogP contribution in [0.1, 0.15) is 21.5 Å². The molecule has 1 fully saturated rings. The zero-order chi connectivity index (χ0) is 21.1. The Morgan fingerprint density at radius 3 is 2.31 bits per heavy atom. The molecule has 2 aromatic rings. The average molecular weight is 425 g/mol. The van der Waals surface area contributed by atoms with Gasteiger partial charge < -0.3 is 4.74 Å². The van der Waals surface area contributed by atoms with Crippen LogP contribution in [-0.2, 0) is 20.9 Å². The first-order chi connectivity index (χ1) is 13.7. The molecule has 0 aromatic heterocycles. The number of ether oxygens (including phenoxy) is 1. The van der Waals surface area contributed by atoms with Gasteiger partial charge in [-0.3, -0.25) is 4.79 Å². The van der Waals surface area contributed by atoms with Gasteiger partial charge in [-0.15, -0.1) is 0 Å². The predicted octanol–water partition coefficient (Wildman–Crippen LogP) is 3.62. The fraction of sp³-hybridized carbons (Fsp3) is 0.250. The highest BCUT2D eigenvalue weighted by atomic mass is 32.2. The Balaban J connectivity index is 1.73. The molecule has 0 saturated carbocycles. The maximum Gasteiger partial charge on any atom is 0.416 e. The molecule has 0 N–H and O–H groups in total. The van der Waals surface area contributed by atoms with Crippen LogP contribution in [0.3, 0.4) is 0 Å². The first-order valence-electron chi connectivity index (χ1n) is 8.75. The molecule has 0 bridgehead atoms. The van der Waals surface area contributed by atoms with Crippen LogP contribution in [0.2, 0.25) is 0 Å². The fourth-order valence-electron chi connectivity index (χ4n) is 2.81. The van der Waals surface area contributed by atoms with E-state index in [1.807, 2.05) is 0 Å². The summed E-state index contributed by atoms with van der Waals surface area (Å²) >= 11 is 0. The van der Waals surface area contributed by atoms with Gasteiger partial charge in [0, 0.05) is 18.7 Å². The van der Waals surface area contributed by atoms with Gasteiger partial charge in [0.1, 0.15) is 0 Å². The van der Waals surface area contributed by atoms with Gasteiger partial charge in [-0.25, -0.2) is 8.42 Å². The van der Waals surface area contributed by atoms with E-state index in [0.717, 1.165) is 18.2 Å². The summed E-state index contributed by atoms with van der Waals surface area (Å²) in [5.41, 5.74) is -0.335. The minimum atomic E-state index is -4.46. The molecule has 1 saturated heterocycles. The van der Waals surface area contributed by atoms with Crippen molar-refractivity contribution in [1.82, 2.24) is 4.31 Å². The number of morpholine rings is 1. The number of carbonyl (C=O) groups excluding carboxylic acids is 1. The number of sulfonamides is 1. The highest BCUT2D eigenvalue weighted by Crippen LogP contribution is 2.29. The number of hydrogen-bond donors (Lipinski definition) is 0. The van der Waals surface area contributed by atoms with Crippen LogP contribution >= 0.6 is 0 Å². The van der Waals surface area contributed by atoms with Gasteiger partial charge in [-0.05, 0) is 48.0 Å². The van der Waals surface area contributed by atoms with Crippen molar-refractivity contribution in [3.05, 3.63) is 71.3 Å². The molecule has 9 heteroatoms. The lowest BCUT2D eigenvalue weighted by Gasteiger charge is -2.26. The van der Waals surface area contributed by atoms with Crippen molar-refractivity contribution in [2.75, 3.05) is 26.3 Å². The first-order valence-corrected chi connectivity index (χ1v) is 10.2. The van der Waals surface area contributed by atoms with E-state index in [-0.39, 0.29) is 29.1 Å². The number of allylic oxidation sites excluding steroid dienone is 1. The molecular formula is C20H18F3NO4S. The second-order valence-corrected chi connectivity index (χ2v) is 8.30. The Labute approximate surface area is 166 Å². The summed E-state index contributed by atoms with van der Waals surface area (Å²) in [4.78, 5) is 12.3. The van der Waals surface area contributed by atoms with Crippen LogP contribution in [0, 0.1) is 0 Å². The van der Waals surface area contributed by atoms with Crippen molar-refractivity contribution in [2.24, 2.45) is 0 Å². The maximum atomic E-state index is 12.7. The molecule has 2 aromatic carbocycles. The van der Waals surface area contributed by atoms with Crippen molar-refractivity contribution in [2.45, 2.75) is 11.1 Å². The minimum absolute atomic E-state index is 0.0674. The van der Waals surface area contributed by atoms with Gasteiger partial charge in [0.15, 0.2) is 5.78 Å². The number of hydrogen-bond acceptors (Lipinski definition) is 4. The number of ketones is 1. The summed E-state index contributed by atoms with van der Waals surface area (Å²) in [6, 6.07) is 10.1. The van der Waals surface area contributed by atoms with Crippen LogP contribution < -0.4 is 0 Å². The monoisotopic (exact) mass is 425 g/mol. The second-order valence-electron chi connectivity index (χ2n) is 6.36. The van der Waals surface area contributed by atoms with Gasteiger partial charge in [0.05, 0.1) is 23.7 Å². The van der Waals surface area contributed by atoms with Crippen LogP contribution in [0.4, 0.5) is 13.2 Å². The van der Waals surface area contributed by atoms with E-state index in [0.29, 0.717) is 13.2 Å². The lowest BCUT2D eigenvalue weighted by Crippen LogP contribution is -2.40. The molecule has 154 valence electrons. The van der Waals surface area contributed by atoms with E-state index in [2.05, 4.69) is 0 Å². The third-order valence-electron chi connectivity index (χ3n) is 4.39. The average Bonchev–Trinajstić information content (AvgIpc) is 2.72. The lowest BCUT2D eigenvalue weighted by molar-refractivity contribution is -0.137. The largest absolute Gasteiger partial charge is 0.416 e. The van der Waals surface area contributed by atoms with Gasteiger partial charge in [0.2, 0.25) is 10.0 Å². The van der Waals surface area contributed by atoms with Crippen LogP contribution in [0.5, 0.6) is 0 Å². The van der Waals surface area contributed by atoms with E-state index in [4.69, 9.17) is 4.74 Å². The Morgan fingerprint density at radius 1 is 1.03 bits per heavy atom. The zero-order valence-corrected chi connectivity index (χ0v) is 16.0. The summed E-state index contributed by atoms with van der Waals surface area (Å²) in [6.45, 7) is 1.19. The molecule has 1 aliphatic heterocycles. The SMILES string of the molecule is O=C(/C=C/c1cccc(C(F)(F)F)c1)c1ccc(S(=O)(=O)N2CCOCC2)cc1. The van der Waals surface area contributed by atoms with E-state index in [9.17, 15) is 26.4 Å². The molecule has 3 rings (SSSR count). The fourth-order valence-corrected chi connectivity index (χ4v) is 4.22. The van der Waals surface area contributed by atoms with Crippen molar-refractivity contribution >= 4 is 21.9 Å². The molecular weight excluding hydrogens is 407 g/mol. The van der Waals surface area contributed by atoms with Gasteiger partial charge in [-0.1, -0.05) is 18.2 Å². The Bertz CT molecular complexity index is 1010. The van der Waals surface area contributed by atoms with E-state index >= 15 is 0 Å². The molecule has 5 nitrogen and oxygen atoms in total. The number of benzene rings is 2. The zero-order valence-electron chi connectivity index (χ0n) is 15.2. The quantitative estimate of drug-likeness (QED) is 0.542. The molecule has 0 aliphatic carbocycles. The van der Waals surface area contributed by atoms with Crippen LogP contribution in [0.25, 0.3) is 6.08 Å². The third-order valence-corrected chi connectivity index (χ3v) is 6.30. The Morgan fingerprint density at radius 2 is 1.69 bits per heavy atom. The number of halogens is 3. The molecule has 0 atom stereocenters. The van der Waals surface area contributed by atoms with Crippen molar-refractivity contribution in [3.63, 3.8) is 0 Å². The predicted molar refractivity (Wildman–Crippen MR) is 101 cm³/mol. The summed E-state index contributed by atoms with van der Waals surface area (Å²) < 4.78 is 69.9. The highest BCUT2D eigenvalue weighted by molar-refractivity contribution is 7.89. The van der Waals surface area contributed by atoms with Gasteiger partial charge in [0.25, 0.3) is 0 Å². The molecule has 0 amide bonds. The summed E-state index contributed by atoms with van der Waals surface area (Å²) in [7, 11) is -3.66. The first kappa shape index (κ1) is 21.2. The second kappa shape index (κ2) is 8.48. The molecule has 0 unspecified atom stereocenters. The van der Waals surface area contributed by atoms with Crippen molar-refractivity contribution in [1.29, 1.82) is 0 Å². The van der Waals surface area contributed by atoms with E-state index in [1.165, 1.54) is 46.8 Å². The summed E-state index contributed by atoms with van der Waals surface area (Å²) in [5.74, 6) is -0.447. The Hall–Kier alpha value is -2.49. The van der Waals surface area contributed by atoms with E-state index < -0.39 is 27.5 Å². The molecule has 1 aliphatic rings. The number of nitrogens with zero attached hydrogens (tertiary/aromatic N) is 1. The highest BCUT2D eigenvalue weighted by Gasteiger charge is 2.30. The lowest BCUT2D eigenvalue weighted by atomic mass is 10.1. The topological polar surface area (TPSA) is 63.7 Å². The van der Waals surface area contributed by atoms with E-state index in [1.54, 1.807) is 0 Å². The number of carbonyl (C=O) groups is 1. The van der Waals surface area contributed by atoms with Gasteiger partial charge in [-0.2, -0.15) is 17.5 Å². The standard InChI is InChI=1S/C20H18F3NO4S/c21-20(22,23)17-3-1-2-15(14-17)4-9-19(25)16-5-7-18(8-6-16)29(26,27)24-10-12-28-13-11-24/h1-9,14H,10-13H2/b9-4+. The Kier molecular flexibility index (Phi) is 6.21. The normalized spacial score (nSPS) is 16.2. The summed E-state index contributed by atoms with van der Waals surface area (Å²) in [5, 5.41) is 0. The van der Waals surface area contributed by atoms with Crippen LogP contribution in [0.15, 0.2) is 59.5 Å². The van der Waals surface area contributed by atoms with Gasteiger partial charge >= 0.3 is 6.18 Å². The smallest absolute Gasteiger partial charge is 0.379 e. The molecule has 29 heavy (non-hydrogen) atoms. The third kappa shape index (κ3) is 5.11. The summed E-state index contributed by atoms with van der Waals surface area (Å²) in [6.07, 6.45) is -2.02.